The fourth-order valence-electron chi connectivity index (χ4n) is 4.35. The quantitative estimate of drug-likeness (QED) is 0.623. The van der Waals surface area contributed by atoms with Crippen LogP contribution in [0.4, 0.5) is 0 Å². The summed E-state index contributed by atoms with van der Waals surface area (Å²) in [5.41, 5.74) is 3.48. The number of imide groups is 1. The number of rotatable bonds is 7. The molecule has 1 saturated heterocycles. The minimum absolute atomic E-state index is 0.0880. The van der Waals surface area contributed by atoms with Crippen LogP contribution in [0.3, 0.4) is 0 Å². The summed E-state index contributed by atoms with van der Waals surface area (Å²) in [4.78, 5) is 45.1. The van der Waals surface area contributed by atoms with Gasteiger partial charge < -0.3 is 4.90 Å². The van der Waals surface area contributed by atoms with Gasteiger partial charge in [0, 0.05) is 45.8 Å². The van der Waals surface area contributed by atoms with Crippen molar-refractivity contribution in [2.45, 2.75) is 13.5 Å². The second-order valence-electron chi connectivity index (χ2n) is 8.69. The van der Waals surface area contributed by atoms with Crippen molar-refractivity contribution in [3.8, 4) is 0 Å². The van der Waals surface area contributed by atoms with Crippen LogP contribution < -0.4 is 0 Å². The Morgan fingerprint density at radius 2 is 1.59 bits per heavy atom. The number of aryl methyl sites for hydroxylation is 1. The summed E-state index contributed by atoms with van der Waals surface area (Å²) in [6.07, 6.45) is 0. The molecule has 0 N–H and O–H groups in total. The highest BCUT2D eigenvalue weighted by atomic mass is 16.2. The van der Waals surface area contributed by atoms with Crippen LogP contribution in [-0.4, -0.2) is 90.2 Å². The molecule has 2 aromatic carbocycles. The van der Waals surface area contributed by atoms with Crippen LogP contribution in [0.5, 0.6) is 0 Å². The molecule has 32 heavy (non-hydrogen) atoms. The topological polar surface area (TPSA) is 64.2 Å². The summed E-state index contributed by atoms with van der Waals surface area (Å²) in [5, 5.41) is 0. The molecule has 2 aromatic rings. The summed E-state index contributed by atoms with van der Waals surface area (Å²) < 4.78 is 0. The van der Waals surface area contributed by atoms with Crippen molar-refractivity contribution in [1.82, 2.24) is 19.6 Å². The zero-order valence-corrected chi connectivity index (χ0v) is 18.8. The number of piperazine rings is 1. The number of hydrogen-bond acceptors (Lipinski definition) is 5. The molecule has 0 atom stereocenters. The van der Waals surface area contributed by atoms with E-state index in [9.17, 15) is 14.4 Å². The van der Waals surface area contributed by atoms with Gasteiger partial charge in [0.25, 0.3) is 11.8 Å². The van der Waals surface area contributed by atoms with E-state index < -0.39 is 0 Å². The molecule has 0 unspecified atom stereocenters. The minimum atomic E-state index is -0.255. The molecule has 0 aliphatic carbocycles. The van der Waals surface area contributed by atoms with Gasteiger partial charge in [-0.15, -0.1) is 0 Å². The zero-order valence-electron chi connectivity index (χ0n) is 18.8. The third-order valence-corrected chi connectivity index (χ3v) is 6.20. The molecule has 4 rings (SSSR count). The Kier molecular flexibility index (Phi) is 6.67. The SMILES string of the molecule is Cc1cccc(CN2CCN(C(=O)CN(C)CCN3C(=O)c4ccccc4C3=O)CC2)c1. The Balaban J connectivity index is 1.21. The van der Waals surface area contributed by atoms with E-state index in [-0.39, 0.29) is 30.8 Å². The van der Waals surface area contributed by atoms with Gasteiger partial charge in [0.1, 0.15) is 0 Å². The Labute approximate surface area is 189 Å². The molecule has 0 bridgehead atoms. The van der Waals surface area contributed by atoms with Gasteiger partial charge in [-0.25, -0.2) is 0 Å². The standard InChI is InChI=1S/C25H30N4O3/c1-19-6-5-7-20(16-19)17-27-11-13-28(14-12-27)23(30)18-26(2)10-15-29-24(31)21-8-3-4-9-22(21)25(29)32/h3-9,16H,10-15,17-18H2,1-2H3. The first kappa shape index (κ1) is 22.2. The van der Waals surface area contributed by atoms with Crippen LogP contribution in [0.15, 0.2) is 48.5 Å². The predicted molar refractivity (Wildman–Crippen MR) is 122 cm³/mol. The Morgan fingerprint density at radius 1 is 0.938 bits per heavy atom. The number of likely N-dealkylation sites (N-methyl/N-ethyl adjacent to an activating group) is 1. The predicted octanol–water partition coefficient (Wildman–Crippen LogP) is 1.87. The van der Waals surface area contributed by atoms with Gasteiger partial charge in [-0.05, 0) is 31.7 Å². The summed E-state index contributed by atoms with van der Waals surface area (Å²) in [6, 6.07) is 15.4. The Morgan fingerprint density at radius 3 is 2.22 bits per heavy atom. The van der Waals surface area contributed by atoms with Crippen molar-refractivity contribution in [1.29, 1.82) is 0 Å². The molecule has 3 amide bonds. The minimum Gasteiger partial charge on any atom is -0.339 e. The summed E-state index contributed by atoms with van der Waals surface area (Å²) in [6.45, 7) is 7.19. The largest absolute Gasteiger partial charge is 0.339 e. The molecule has 0 radical (unpaired) electrons. The summed E-state index contributed by atoms with van der Waals surface area (Å²) in [5.74, 6) is -0.421. The van der Waals surface area contributed by atoms with Crippen LogP contribution in [0.25, 0.3) is 0 Å². The van der Waals surface area contributed by atoms with Crippen molar-refractivity contribution in [3.63, 3.8) is 0 Å². The van der Waals surface area contributed by atoms with E-state index in [1.54, 1.807) is 24.3 Å². The summed E-state index contributed by atoms with van der Waals surface area (Å²) in [7, 11) is 1.85. The van der Waals surface area contributed by atoms with Crippen molar-refractivity contribution in [2.75, 3.05) is 52.9 Å². The van der Waals surface area contributed by atoms with Gasteiger partial charge in [-0.1, -0.05) is 42.0 Å². The van der Waals surface area contributed by atoms with E-state index in [0.717, 1.165) is 32.7 Å². The van der Waals surface area contributed by atoms with Gasteiger partial charge in [-0.2, -0.15) is 0 Å². The van der Waals surface area contributed by atoms with Crippen molar-refractivity contribution >= 4 is 17.7 Å². The highest BCUT2D eigenvalue weighted by Gasteiger charge is 2.34. The first-order valence-corrected chi connectivity index (χ1v) is 11.1. The number of benzene rings is 2. The lowest BCUT2D eigenvalue weighted by molar-refractivity contribution is -0.133. The fraction of sp³-hybridized carbons (Fsp3) is 0.400. The average Bonchev–Trinajstić information content (AvgIpc) is 3.03. The second-order valence-corrected chi connectivity index (χ2v) is 8.69. The molecular formula is C25H30N4O3. The maximum atomic E-state index is 12.7. The molecule has 2 aliphatic heterocycles. The molecule has 0 spiro atoms. The van der Waals surface area contributed by atoms with Crippen LogP contribution >= 0.6 is 0 Å². The lowest BCUT2D eigenvalue weighted by atomic mass is 10.1. The monoisotopic (exact) mass is 434 g/mol. The molecule has 7 heteroatoms. The Hall–Kier alpha value is -3.03. The van der Waals surface area contributed by atoms with E-state index in [4.69, 9.17) is 0 Å². The fourth-order valence-corrected chi connectivity index (χ4v) is 4.35. The van der Waals surface area contributed by atoms with Crippen molar-refractivity contribution in [2.24, 2.45) is 0 Å². The first-order chi connectivity index (χ1) is 15.4. The van der Waals surface area contributed by atoms with Gasteiger partial charge in [-0.3, -0.25) is 29.1 Å². The maximum absolute atomic E-state index is 12.7. The molecule has 0 saturated carbocycles. The molecule has 2 heterocycles. The van der Waals surface area contributed by atoms with Crippen molar-refractivity contribution in [3.05, 3.63) is 70.8 Å². The van der Waals surface area contributed by atoms with Crippen LogP contribution in [-0.2, 0) is 11.3 Å². The van der Waals surface area contributed by atoms with Gasteiger partial charge in [0.2, 0.25) is 5.91 Å². The third kappa shape index (κ3) is 4.89. The second kappa shape index (κ2) is 9.63. The normalized spacial score (nSPS) is 16.7. The van der Waals surface area contributed by atoms with Gasteiger partial charge >= 0.3 is 0 Å². The van der Waals surface area contributed by atoms with E-state index in [2.05, 4.69) is 36.1 Å². The number of nitrogens with zero attached hydrogens (tertiary/aromatic N) is 4. The maximum Gasteiger partial charge on any atom is 0.261 e. The third-order valence-electron chi connectivity index (χ3n) is 6.20. The smallest absolute Gasteiger partial charge is 0.261 e. The Bertz CT molecular complexity index is 979. The first-order valence-electron chi connectivity index (χ1n) is 11.1. The number of carbonyl (C=O) groups excluding carboxylic acids is 3. The van der Waals surface area contributed by atoms with E-state index in [0.29, 0.717) is 17.7 Å². The van der Waals surface area contributed by atoms with Crippen LogP contribution in [0.2, 0.25) is 0 Å². The van der Waals surface area contributed by atoms with Crippen LogP contribution in [0, 0.1) is 6.92 Å². The van der Waals surface area contributed by atoms with Gasteiger partial charge in [0.05, 0.1) is 17.7 Å². The molecule has 7 nitrogen and oxygen atoms in total. The lowest BCUT2D eigenvalue weighted by Gasteiger charge is -2.35. The number of carbonyl (C=O) groups is 3. The molecule has 2 aliphatic rings. The molecule has 0 aromatic heterocycles. The van der Waals surface area contributed by atoms with Crippen molar-refractivity contribution < 1.29 is 14.4 Å². The van der Waals surface area contributed by atoms with E-state index in [1.165, 1.54) is 16.0 Å². The van der Waals surface area contributed by atoms with E-state index >= 15 is 0 Å². The number of fused-ring (bicyclic) bond motifs is 1. The highest BCUT2D eigenvalue weighted by molar-refractivity contribution is 6.21. The van der Waals surface area contributed by atoms with Gasteiger partial charge in [0.15, 0.2) is 0 Å². The highest BCUT2D eigenvalue weighted by Crippen LogP contribution is 2.22. The zero-order chi connectivity index (χ0) is 22.7. The van der Waals surface area contributed by atoms with E-state index in [1.807, 2.05) is 16.8 Å². The van der Waals surface area contributed by atoms with Crippen LogP contribution in [0.1, 0.15) is 31.8 Å². The summed E-state index contributed by atoms with van der Waals surface area (Å²) >= 11 is 0. The molecule has 168 valence electrons. The average molecular weight is 435 g/mol. The lowest BCUT2D eigenvalue weighted by Crippen LogP contribution is -2.51. The number of amides is 3. The molecule has 1 fully saturated rings. The number of hydrogen-bond donors (Lipinski definition) is 0. The molecular weight excluding hydrogens is 404 g/mol.